The molecule has 3 aromatic rings. The van der Waals surface area contributed by atoms with Crippen LogP contribution in [0.5, 0.6) is 17.2 Å². The van der Waals surface area contributed by atoms with Crippen LogP contribution in [-0.2, 0) is 9.53 Å². The molecule has 7 heteroatoms. The van der Waals surface area contributed by atoms with Gasteiger partial charge in [-0.1, -0.05) is 30.3 Å². The molecule has 0 radical (unpaired) electrons. The van der Waals surface area contributed by atoms with Gasteiger partial charge in [-0.05, 0) is 29.8 Å². The Bertz CT molecular complexity index is 1080. The number of carbonyl (C=O) groups is 2. The van der Waals surface area contributed by atoms with E-state index in [0.29, 0.717) is 17.2 Å². The van der Waals surface area contributed by atoms with Crippen molar-refractivity contribution in [3.05, 3.63) is 60.2 Å². The van der Waals surface area contributed by atoms with Crippen LogP contribution >= 0.6 is 0 Å². The molecule has 0 bridgehead atoms. The molecule has 1 atom stereocenters. The standard InChI is InChI=1S/C23H23NO6/c1-14(30-17-10-9-15-7-5-6-8-16(15)11-17)22(25)24-19-13-21(28-3)20(27-2)12-18(19)23(26)29-4/h5-14H,1-4H3,(H,24,25)/t14-/m1/s1. The van der Waals surface area contributed by atoms with Gasteiger partial charge in [-0.15, -0.1) is 0 Å². The number of fused-ring (bicyclic) bond motifs is 1. The van der Waals surface area contributed by atoms with E-state index in [1.807, 2.05) is 42.5 Å². The number of anilines is 1. The number of ether oxygens (including phenoxy) is 4. The van der Waals surface area contributed by atoms with Gasteiger partial charge in [-0.3, -0.25) is 4.79 Å². The summed E-state index contributed by atoms with van der Waals surface area (Å²) >= 11 is 0. The smallest absolute Gasteiger partial charge is 0.340 e. The Kier molecular flexibility index (Phi) is 6.41. The Labute approximate surface area is 174 Å². The van der Waals surface area contributed by atoms with Gasteiger partial charge in [0, 0.05) is 12.1 Å². The molecule has 0 aliphatic carbocycles. The van der Waals surface area contributed by atoms with Gasteiger partial charge in [0.25, 0.3) is 5.91 Å². The van der Waals surface area contributed by atoms with Gasteiger partial charge in [0.05, 0.1) is 32.6 Å². The largest absolute Gasteiger partial charge is 0.493 e. The summed E-state index contributed by atoms with van der Waals surface area (Å²) in [6.07, 6.45) is -0.815. The highest BCUT2D eigenvalue weighted by atomic mass is 16.5. The second-order valence-corrected chi connectivity index (χ2v) is 6.50. The van der Waals surface area contributed by atoms with E-state index in [4.69, 9.17) is 18.9 Å². The van der Waals surface area contributed by atoms with Gasteiger partial charge in [0.2, 0.25) is 0 Å². The van der Waals surface area contributed by atoms with E-state index in [0.717, 1.165) is 10.8 Å². The number of carbonyl (C=O) groups excluding carboxylic acids is 2. The number of amides is 1. The molecule has 0 aliphatic rings. The van der Waals surface area contributed by atoms with Gasteiger partial charge in [0.15, 0.2) is 17.6 Å². The Morgan fingerprint density at radius 2 is 1.53 bits per heavy atom. The maximum absolute atomic E-state index is 12.7. The number of methoxy groups -OCH3 is 3. The van der Waals surface area contributed by atoms with Crippen molar-refractivity contribution in [2.24, 2.45) is 0 Å². The molecule has 0 spiro atoms. The number of hydrogen-bond donors (Lipinski definition) is 1. The summed E-state index contributed by atoms with van der Waals surface area (Å²) in [7, 11) is 4.18. The third-order valence-electron chi connectivity index (χ3n) is 4.59. The molecule has 156 valence electrons. The lowest BCUT2D eigenvalue weighted by molar-refractivity contribution is -0.122. The van der Waals surface area contributed by atoms with Crippen LogP contribution in [0.1, 0.15) is 17.3 Å². The fourth-order valence-corrected chi connectivity index (χ4v) is 2.99. The molecule has 0 aliphatic heterocycles. The Morgan fingerprint density at radius 1 is 0.867 bits per heavy atom. The van der Waals surface area contributed by atoms with Crippen molar-refractivity contribution in [1.29, 1.82) is 0 Å². The Hall–Kier alpha value is -3.74. The number of hydrogen-bond acceptors (Lipinski definition) is 6. The van der Waals surface area contributed by atoms with Crippen molar-refractivity contribution in [3.63, 3.8) is 0 Å². The predicted molar refractivity (Wildman–Crippen MR) is 114 cm³/mol. The van der Waals surface area contributed by atoms with Crippen LogP contribution in [0.25, 0.3) is 10.8 Å². The quantitative estimate of drug-likeness (QED) is 0.593. The van der Waals surface area contributed by atoms with Gasteiger partial charge in [-0.25, -0.2) is 4.79 Å². The number of nitrogens with one attached hydrogen (secondary N) is 1. The van der Waals surface area contributed by atoms with E-state index >= 15 is 0 Å². The first kappa shape index (κ1) is 21.0. The van der Waals surface area contributed by atoms with Gasteiger partial charge in [0.1, 0.15) is 5.75 Å². The van der Waals surface area contributed by atoms with Crippen molar-refractivity contribution >= 4 is 28.3 Å². The highest BCUT2D eigenvalue weighted by molar-refractivity contribution is 6.03. The molecule has 3 aromatic carbocycles. The Balaban J connectivity index is 1.81. The zero-order valence-corrected chi connectivity index (χ0v) is 17.2. The van der Waals surface area contributed by atoms with Crippen molar-refractivity contribution in [3.8, 4) is 17.2 Å². The van der Waals surface area contributed by atoms with Crippen molar-refractivity contribution in [2.75, 3.05) is 26.6 Å². The fourth-order valence-electron chi connectivity index (χ4n) is 2.99. The third-order valence-corrected chi connectivity index (χ3v) is 4.59. The summed E-state index contributed by atoms with van der Waals surface area (Å²) in [4.78, 5) is 24.9. The molecule has 0 unspecified atom stereocenters. The van der Waals surface area contributed by atoms with E-state index in [1.165, 1.54) is 33.5 Å². The van der Waals surface area contributed by atoms with E-state index in [-0.39, 0.29) is 11.3 Å². The lowest BCUT2D eigenvalue weighted by atomic mass is 10.1. The minimum atomic E-state index is -0.815. The lowest BCUT2D eigenvalue weighted by Crippen LogP contribution is -2.30. The molecule has 30 heavy (non-hydrogen) atoms. The van der Waals surface area contributed by atoms with Crippen molar-refractivity contribution < 1.29 is 28.5 Å². The molecular weight excluding hydrogens is 386 g/mol. The summed E-state index contributed by atoms with van der Waals surface area (Å²) < 4.78 is 21.1. The second kappa shape index (κ2) is 9.17. The molecule has 0 fully saturated rings. The monoisotopic (exact) mass is 409 g/mol. The van der Waals surface area contributed by atoms with Crippen LogP contribution in [0.15, 0.2) is 54.6 Å². The van der Waals surface area contributed by atoms with Crippen LogP contribution < -0.4 is 19.5 Å². The van der Waals surface area contributed by atoms with E-state index < -0.39 is 18.0 Å². The van der Waals surface area contributed by atoms with Gasteiger partial charge < -0.3 is 24.3 Å². The van der Waals surface area contributed by atoms with Crippen molar-refractivity contribution in [1.82, 2.24) is 0 Å². The zero-order chi connectivity index (χ0) is 21.7. The first-order valence-electron chi connectivity index (χ1n) is 9.27. The third kappa shape index (κ3) is 4.46. The summed E-state index contributed by atoms with van der Waals surface area (Å²) in [5, 5.41) is 4.80. The summed E-state index contributed by atoms with van der Waals surface area (Å²) in [5.41, 5.74) is 0.375. The first-order valence-corrected chi connectivity index (χ1v) is 9.27. The number of benzene rings is 3. The molecule has 0 saturated heterocycles. The lowest BCUT2D eigenvalue weighted by Gasteiger charge is -2.18. The van der Waals surface area contributed by atoms with Crippen LogP contribution in [-0.4, -0.2) is 39.3 Å². The van der Waals surface area contributed by atoms with Gasteiger partial charge in [-0.2, -0.15) is 0 Å². The van der Waals surface area contributed by atoms with E-state index in [9.17, 15) is 9.59 Å². The Morgan fingerprint density at radius 3 is 2.20 bits per heavy atom. The molecule has 7 nitrogen and oxygen atoms in total. The summed E-state index contributed by atoms with van der Waals surface area (Å²) in [5.74, 6) is 0.228. The van der Waals surface area contributed by atoms with E-state index in [2.05, 4.69) is 5.32 Å². The molecule has 1 amide bonds. The molecule has 0 heterocycles. The van der Waals surface area contributed by atoms with E-state index in [1.54, 1.807) is 6.92 Å². The molecule has 1 N–H and O–H groups in total. The zero-order valence-electron chi connectivity index (χ0n) is 17.2. The van der Waals surface area contributed by atoms with Crippen molar-refractivity contribution in [2.45, 2.75) is 13.0 Å². The highest BCUT2D eigenvalue weighted by Gasteiger charge is 2.22. The SMILES string of the molecule is COC(=O)c1cc(OC)c(OC)cc1NC(=O)[C@@H](C)Oc1ccc2ccccc2c1. The average Bonchev–Trinajstić information content (AvgIpc) is 2.77. The number of esters is 1. The second-order valence-electron chi connectivity index (χ2n) is 6.50. The van der Waals surface area contributed by atoms with Crippen LogP contribution in [0, 0.1) is 0 Å². The highest BCUT2D eigenvalue weighted by Crippen LogP contribution is 2.34. The topological polar surface area (TPSA) is 83.1 Å². The first-order chi connectivity index (χ1) is 14.5. The summed E-state index contributed by atoms with van der Waals surface area (Å²) in [6.45, 7) is 1.63. The fraction of sp³-hybridized carbons (Fsp3) is 0.217. The average molecular weight is 409 g/mol. The maximum Gasteiger partial charge on any atom is 0.340 e. The molecule has 0 aromatic heterocycles. The normalized spacial score (nSPS) is 11.5. The summed E-state index contributed by atoms with van der Waals surface area (Å²) in [6, 6.07) is 16.4. The minimum Gasteiger partial charge on any atom is -0.493 e. The van der Waals surface area contributed by atoms with Crippen LogP contribution in [0.3, 0.4) is 0 Å². The number of rotatable bonds is 7. The minimum absolute atomic E-state index is 0.140. The molecule has 0 saturated carbocycles. The molecule has 3 rings (SSSR count). The molecular formula is C23H23NO6. The van der Waals surface area contributed by atoms with Crippen LogP contribution in [0.2, 0.25) is 0 Å². The van der Waals surface area contributed by atoms with Crippen LogP contribution in [0.4, 0.5) is 5.69 Å². The van der Waals surface area contributed by atoms with Gasteiger partial charge >= 0.3 is 5.97 Å². The predicted octanol–water partition coefficient (Wildman–Crippen LogP) is 4.05. The maximum atomic E-state index is 12.7.